The van der Waals surface area contributed by atoms with Crippen molar-refractivity contribution in [2.75, 3.05) is 13.2 Å². The Morgan fingerprint density at radius 1 is 0.379 bits per heavy atom. The molecule has 176 valence electrons. The van der Waals surface area contributed by atoms with Crippen LogP contribution in [0.3, 0.4) is 0 Å². The van der Waals surface area contributed by atoms with Crippen LogP contribution in [0.1, 0.15) is 142 Å². The predicted molar refractivity (Wildman–Crippen MR) is 133 cm³/mol. The van der Waals surface area contributed by atoms with Crippen LogP contribution in [0.2, 0.25) is 13.1 Å². The third-order valence-electron chi connectivity index (χ3n) is 5.90. The maximum Gasteiger partial charge on any atom is 0.331 e. The minimum absolute atomic E-state index is 0.897. The zero-order chi connectivity index (χ0) is 21.5. The quantitative estimate of drug-likeness (QED) is 0.112. The van der Waals surface area contributed by atoms with Crippen LogP contribution in [0, 0.1) is 0 Å². The van der Waals surface area contributed by atoms with Crippen LogP contribution in [0.15, 0.2) is 0 Å². The molecule has 0 atom stereocenters. The van der Waals surface area contributed by atoms with Gasteiger partial charge in [0, 0.05) is 13.2 Å². The van der Waals surface area contributed by atoms with E-state index in [1.165, 1.54) is 128 Å². The van der Waals surface area contributed by atoms with Gasteiger partial charge in [-0.1, -0.05) is 129 Å². The van der Waals surface area contributed by atoms with Gasteiger partial charge in [-0.05, 0) is 25.9 Å². The van der Waals surface area contributed by atoms with E-state index in [-0.39, 0.29) is 0 Å². The average molecular weight is 429 g/mol. The lowest BCUT2D eigenvalue weighted by molar-refractivity contribution is 0.172. The van der Waals surface area contributed by atoms with E-state index in [9.17, 15) is 0 Å². The van der Waals surface area contributed by atoms with Crippen molar-refractivity contribution in [3.8, 4) is 0 Å². The predicted octanol–water partition coefficient (Wildman–Crippen LogP) is 9.56. The number of rotatable bonds is 24. The van der Waals surface area contributed by atoms with Gasteiger partial charge in [0.2, 0.25) is 0 Å². The number of unbranched alkanes of at least 4 members (excludes halogenated alkanes) is 18. The summed E-state index contributed by atoms with van der Waals surface area (Å²) in [6.07, 6.45) is 27.6. The Balaban J connectivity index is 3.30. The molecule has 3 heteroatoms. The Morgan fingerprint density at radius 3 is 0.897 bits per heavy atom. The van der Waals surface area contributed by atoms with Crippen LogP contribution in [0.25, 0.3) is 0 Å². The van der Waals surface area contributed by atoms with Gasteiger partial charge in [0.1, 0.15) is 0 Å². The Hall–Kier alpha value is 0.137. The normalized spacial score (nSPS) is 12.0. The molecule has 0 aliphatic rings. The van der Waals surface area contributed by atoms with Crippen molar-refractivity contribution in [2.24, 2.45) is 0 Å². The van der Waals surface area contributed by atoms with E-state index in [2.05, 4.69) is 26.9 Å². The summed E-state index contributed by atoms with van der Waals surface area (Å²) >= 11 is 0. The van der Waals surface area contributed by atoms with Crippen molar-refractivity contribution in [3.63, 3.8) is 0 Å². The van der Waals surface area contributed by atoms with Crippen molar-refractivity contribution in [2.45, 2.75) is 155 Å². The largest absolute Gasteiger partial charge is 0.395 e. The first-order chi connectivity index (χ1) is 14.1. The van der Waals surface area contributed by atoms with Gasteiger partial charge in [-0.25, -0.2) is 0 Å². The molecule has 0 fully saturated rings. The first kappa shape index (κ1) is 29.1. The molecular weight excluding hydrogens is 372 g/mol. The van der Waals surface area contributed by atoms with E-state index in [0.29, 0.717) is 0 Å². The summed E-state index contributed by atoms with van der Waals surface area (Å²) in [7, 11) is -1.89. The molecule has 0 aromatic heterocycles. The van der Waals surface area contributed by atoms with Crippen LogP contribution < -0.4 is 0 Å². The number of hydrogen-bond donors (Lipinski definition) is 0. The van der Waals surface area contributed by atoms with Gasteiger partial charge in [0.05, 0.1) is 0 Å². The molecule has 0 saturated heterocycles. The summed E-state index contributed by atoms with van der Waals surface area (Å²) in [5.41, 5.74) is 0. The molecule has 0 aromatic rings. The zero-order valence-corrected chi connectivity index (χ0v) is 21.9. The molecule has 0 amide bonds. The summed E-state index contributed by atoms with van der Waals surface area (Å²) in [5.74, 6) is 0. The van der Waals surface area contributed by atoms with E-state index in [1.54, 1.807) is 0 Å². The Morgan fingerprint density at radius 2 is 0.621 bits per heavy atom. The van der Waals surface area contributed by atoms with Crippen molar-refractivity contribution in [1.29, 1.82) is 0 Å². The highest BCUT2D eigenvalue weighted by Crippen LogP contribution is 2.14. The van der Waals surface area contributed by atoms with Crippen LogP contribution in [-0.2, 0) is 8.85 Å². The van der Waals surface area contributed by atoms with Crippen molar-refractivity contribution in [1.82, 2.24) is 0 Å². The maximum absolute atomic E-state index is 6.11. The fourth-order valence-corrected chi connectivity index (χ4v) is 5.21. The molecule has 0 aliphatic heterocycles. The van der Waals surface area contributed by atoms with Crippen molar-refractivity contribution in [3.05, 3.63) is 0 Å². The van der Waals surface area contributed by atoms with Gasteiger partial charge in [0.25, 0.3) is 0 Å². The second-order valence-electron chi connectivity index (χ2n) is 9.46. The third kappa shape index (κ3) is 24.3. The molecule has 29 heavy (non-hydrogen) atoms. The second kappa shape index (κ2) is 22.8. The zero-order valence-electron chi connectivity index (χ0n) is 20.9. The third-order valence-corrected chi connectivity index (χ3v) is 7.69. The van der Waals surface area contributed by atoms with Gasteiger partial charge in [0.15, 0.2) is 0 Å². The molecule has 0 heterocycles. The first-order valence-corrected chi connectivity index (χ1v) is 16.2. The van der Waals surface area contributed by atoms with Crippen molar-refractivity contribution < 1.29 is 8.85 Å². The molecule has 2 nitrogen and oxygen atoms in total. The first-order valence-electron chi connectivity index (χ1n) is 13.4. The monoisotopic (exact) mass is 428 g/mol. The van der Waals surface area contributed by atoms with Crippen LogP contribution in [0.5, 0.6) is 0 Å². The molecule has 0 N–H and O–H groups in total. The smallest absolute Gasteiger partial charge is 0.331 e. The SMILES string of the molecule is CCCCCCCCCCCCO[Si](C)(C)OCCCCCCCCCCCC. The van der Waals surface area contributed by atoms with Crippen LogP contribution in [0.4, 0.5) is 0 Å². The summed E-state index contributed by atoms with van der Waals surface area (Å²) in [6.45, 7) is 10.8. The molecule has 0 saturated carbocycles. The minimum atomic E-state index is -1.89. The van der Waals surface area contributed by atoms with E-state index >= 15 is 0 Å². The van der Waals surface area contributed by atoms with Gasteiger partial charge < -0.3 is 8.85 Å². The van der Waals surface area contributed by atoms with E-state index < -0.39 is 8.56 Å². The molecule has 0 spiro atoms. The summed E-state index contributed by atoms with van der Waals surface area (Å²) in [4.78, 5) is 0. The molecule has 0 unspecified atom stereocenters. The summed E-state index contributed by atoms with van der Waals surface area (Å²) in [5, 5.41) is 0. The highest BCUT2D eigenvalue weighted by atomic mass is 28.4. The molecule has 0 bridgehead atoms. The van der Waals surface area contributed by atoms with Gasteiger partial charge in [-0.2, -0.15) is 0 Å². The highest BCUT2D eigenvalue weighted by molar-refractivity contribution is 6.64. The van der Waals surface area contributed by atoms with Crippen LogP contribution >= 0.6 is 0 Å². The lowest BCUT2D eigenvalue weighted by Crippen LogP contribution is -2.35. The van der Waals surface area contributed by atoms with Gasteiger partial charge in [-0.15, -0.1) is 0 Å². The topological polar surface area (TPSA) is 18.5 Å². The lowest BCUT2D eigenvalue weighted by atomic mass is 10.1. The van der Waals surface area contributed by atoms with Gasteiger partial charge in [-0.3, -0.25) is 0 Å². The lowest BCUT2D eigenvalue weighted by Gasteiger charge is -2.23. The highest BCUT2D eigenvalue weighted by Gasteiger charge is 2.23. The molecule has 0 aromatic carbocycles. The Labute approximate surface area is 186 Å². The summed E-state index contributed by atoms with van der Waals surface area (Å²) < 4.78 is 12.2. The van der Waals surface area contributed by atoms with E-state index in [1.807, 2.05) is 0 Å². The fourth-order valence-electron chi connectivity index (χ4n) is 3.86. The fraction of sp³-hybridized carbons (Fsp3) is 1.00. The second-order valence-corrected chi connectivity index (χ2v) is 12.8. The van der Waals surface area contributed by atoms with E-state index in [4.69, 9.17) is 8.85 Å². The molecule has 0 aliphatic carbocycles. The van der Waals surface area contributed by atoms with Gasteiger partial charge >= 0.3 is 8.56 Å². The molecule has 0 rings (SSSR count). The van der Waals surface area contributed by atoms with E-state index in [0.717, 1.165) is 13.2 Å². The Kier molecular flexibility index (Phi) is 22.9. The maximum atomic E-state index is 6.11. The number of hydrogen-bond acceptors (Lipinski definition) is 2. The minimum Gasteiger partial charge on any atom is -0.395 e. The van der Waals surface area contributed by atoms with Crippen LogP contribution in [-0.4, -0.2) is 21.8 Å². The molecular formula is C26H56O2Si. The summed E-state index contributed by atoms with van der Waals surface area (Å²) in [6, 6.07) is 0. The Bertz CT molecular complexity index is 279. The van der Waals surface area contributed by atoms with Crippen molar-refractivity contribution >= 4 is 8.56 Å². The average Bonchev–Trinajstić information content (AvgIpc) is 2.70. The standard InChI is InChI=1S/C26H56O2Si/c1-5-7-9-11-13-15-17-19-21-23-25-27-29(3,4)28-26-24-22-20-18-16-14-12-10-8-6-2/h5-26H2,1-4H3. The molecule has 0 radical (unpaired) electrons.